The maximum Gasteiger partial charge on any atom is 1.00 e. The van der Waals surface area contributed by atoms with Gasteiger partial charge in [-0.1, -0.05) is 0 Å². The van der Waals surface area contributed by atoms with Crippen LogP contribution in [0.2, 0.25) is 0 Å². The molecule has 3 N–H and O–H groups in total. The molecule has 0 aromatic rings. The molecule has 0 aliphatic carbocycles. The number of amides is 1. The number of nitrogens with one attached hydrogen (secondary N) is 1. The van der Waals surface area contributed by atoms with Crippen molar-refractivity contribution >= 4 is 5.91 Å². The molecule has 3 nitrogen and oxygen atoms in total. The predicted molar refractivity (Wildman–Crippen MR) is 27.0 cm³/mol. The number of rotatable bonds is 0. The monoisotopic (exact) mass is 127 g/mol. The molecule has 4 heteroatoms. The normalized spacial score (nSPS) is 15.8. The second-order valence-corrected chi connectivity index (χ2v) is 1.45. The van der Waals surface area contributed by atoms with Crippen LogP contribution in [0.15, 0.2) is 0 Å². The van der Waals surface area contributed by atoms with Gasteiger partial charge in [-0.3, -0.25) is 4.79 Å². The van der Waals surface area contributed by atoms with Gasteiger partial charge in [0.05, 0.1) is 0 Å². The Labute approximate surface area is 71.9 Å². The zero-order valence-corrected chi connectivity index (χ0v) is 7.03. The van der Waals surface area contributed by atoms with E-state index in [-0.39, 0.29) is 42.4 Å². The summed E-state index contributed by atoms with van der Waals surface area (Å²) in [4.78, 5) is 10.1. The molecule has 0 aromatic carbocycles. The molecule has 1 amide bonds. The standard InChI is InChI=1S/C4H7NO.Na.H2O.H/c6-4-2-1-3-5-4;;;/h1-3H2,(H,5,6);;1H2;/q;+1;;-1. The summed E-state index contributed by atoms with van der Waals surface area (Å²) in [7, 11) is 0. The second-order valence-electron chi connectivity index (χ2n) is 1.45. The minimum absolute atomic E-state index is 0. The van der Waals surface area contributed by atoms with Crippen molar-refractivity contribution in [1.29, 1.82) is 0 Å². The first kappa shape index (κ1) is 11.3. The fourth-order valence-electron chi connectivity index (χ4n) is 0.565. The van der Waals surface area contributed by atoms with Crippen molar-refractivity contribution in [3.8, 4) is 0 Å². The Morgan fingerprint density at radius 1 is 1.62 bits per heavy atom. The summed E-state index contributed by atoms with van der Waals surface area (Å²) in [6.45, 7) is 0.888. The molecule has 1 fully saturated rings. The summed E-state index contributed by atoms with van der Waals surface area (Å²) in [5, 5.41) is 2.68. The summed E-state index contributed by atoms with van der Waals surface area (Å²) >= 11 is 0. The third kappa shape index (κ3) is 3.43. The molecule has 0 unspecified atom stereocenters. The molecule has 44 valence electrons. The third-order valence-electron chi connectivity index (χ3n) is 0.903. The van der Waals surface area contributed by atoms with Gasteiger partial charge in [0.15, 0.2) is 0 Å². The van der Waals surface area contributed by atoms with Gasteiger partial charge < -0.3 is 12.2 Å². The molecule has 8 heavy (non-hydrogen) atoms. The van der Waals surface area contributed by atoms with Crippen LogP contribution in [0, 0.1) is 0 Å². The van der Waals surface area contributed by atoms with Crippen molar-refractivity contribution < 1.29 is 41.3 Å². The summed E-state index contributed by atoms with van der Waals surface area (Å²) in [5.74, 6) is 0.204. The van der Waals surface area contributed by atoms with E-state index in [0.717, 1.165) is 19.4 Å². The molecule has 0 saturated carbocycles. The number of carbonyl (C=O) groups excluding carboxylic acids is 1. The summed E-state index contributed by atoms with van der Waals surface area (Å²) in [5.41, 5.74) is 0. The average Bonchev–Trinajstić information content (AvgIpc) is 1.86. The molecule has 0 radical (unpaired) electrons. The maximum absolute atomic E-state index is 10.1. The van der Waals surface area contributed by atoms with Gasteiger partial charge in [-0.15, -0.1) is 0 Å². The fraction of sp³-hybridized carbons (Fsp3) is 0.750. The Morgan fingerprint density at radius 3 is 2.38 bits per heavy atom. The Hall–Kier alpha value is 0.430. The minimum Gasteiger partial charge on any atom is -1.00 e. The minimum atomic E-state index is 0. The van der Waals surface area contributed by atoms with Crippen molar-refractivity contribution in [2.75, 3.05) is 6.54 Å². The van der Waals surface area contributed by atoms with E-state index in [0.29, 0.717) is 0 Å². The number of hydrogen-bond acceptors (Lipinski definition) is 1. The fourth-order valence-corrected chi connectivity index (χ4v) is 0.565. The molecule has 1 aliphatic rings. The van der Waals surface area contributed by atoms with Crippen LogP contribution >= 0.6 is 0 Å². The van der Waals surface area contributed by atoms with Gasteiger partial charge in [-0.05, 0) is 6.42 Å². The SMILES string of the molecule is O.O=C1CCCN1.[H-].[Na+]. The van der Waals surface area contributed by atoms with Crippen molar-refractivity contribution in [1.82, 2.24) is 5.32 Å². The number of carbonyl (C=O) groups is 1. The van der Waals surface area contributed by atoms with E-state index < -0.39 is 0 Å². The molecule has 1 heterocycles. The van der Waals surface area contributed by atoms with Crippen LogP contribution in [0.5, 0.6) is 0 Å². The topological polar surface area (TPSA) is 60.6 Å². The van der Waals surface area contributed by atoms with Gasteiger partial charge in [0.1, 0.15) is 0 Å². The van der Waals surface area contributed by atoms with Crippen molar-refractivity contribution in [3.05, 3.63) is 0 Å². The van der Waals surface area contributed by atoms with Crippen LogP contribution in [0.3, 0.4) is 0 Å². The van der Waals surface area contributed by atoms with Gasteiger partial charge in [0, 0.05) is 13.0 Å². The Morgan fingerprint density at radius 2 is 2.25 bits per heavy atom. The largest absolute Gasteiger partial charge is 1.00 e. The first-order valence-corrected chi connectivity index (χ1v) is 2.16. The Balaban J connectivity index is -0.000000120. The predicted octanol–water partition coefficient (Wildman–Crippen LogP) is -3.81. The van der Waals surface area contributed by atoms with E-state index in [4.69, 9.17) is 0 Å². The van der Waals surface area contributed by atoms with Crippen LogP contribution in [0.4, 0.5) is 0 Å². The van der Waals surface area contributed by atoms with Gasteiger partial charge in [0.25, 0.3) is 0 Å². The van der Waals surface area contributed by atoms with Crippen LogP contribution in [0.1, 0.15) is 14.3 Å². The van der Waals surface area contributed by atoms with Crippen LogP contribution in [-0.4, -0.2) is 17.9 Å². The molecular formula is C4H10NNaO2. The van der Waals surface area contributed by atoms with E-state index >= 15 is 0 Å². The molecule has 0 bridgehead atoms. The zero-order chi connectivity index (χ0) is 4.41. The van der Waals surface area contributed by atoms with Gasteiger partial charge >= 0.3 is 29.6 Å². The Kier molecular flexibility index (Phi) is 7.83. The molecule has 1 saturated heterocycles. The maximum atomic E-state index is 10.1. The van der Waals surface area contributed by atoms with E-state index in [2.05, 4.69) is 5.32 Å². The molecule has 0 atom stereocenters. The van der Waals surface area contributed by atoms with E-state index in [1.54, 1.807) is 0 Å². The Bertz CT molecular complexity index is 73.0. The molecule has 0 spiro atoms. The molecular weight excluding hydrogens is 117 g/mol. The van der Waals surface area contributed by atoms with Crippen LogP contribution in [-0.2, 0) is 4.79 Å². The van der Waals surface area contributed by atoms with E-state index in [9.17, 15) is 4.79 Å². The van der Waals surface area contributed by atoms with Crippen LogP contribution in [0.25, 0.3) is 0 Å². The van der Waals surface area contributed by atoms with Crippen molar-refractivity contribution in [3.63, 3.8) is 0 Å². The smallest absolute Gasteiger partial charge is 1.00 e. The first-order chi connectivity index (χ1) is 2.89. The van der Waals surface area contributed by atoms with E-state index in [1.807, 2.05) is 0 Å². The van der Waals surface area contributed by atoms with Crippen molar-refractivity contribution in [2.24, 2.45) is 0 Å². The molecule has 1 rings (SSSR count). The zero-order valence-electron chi connectivity index (χ0n) is 6.03. The van der Waals surface area contributed by atoms with Gasteiger partial charge in [-0.25, -0.2) is 0 Å². The van der Waals surface area contributed by atoms with Gasteiger partial charge in [0.2, 0.25) is 5.91 Å². The average molecular weight is 127 g/mol. The quantitative estimate of drug-likeness (QED) is 0.333. The molecule has 1 aliphatic heterocycles. The van der Waals surface area contributed by atoms with Crippen molar-refractivity contribution in [2.45, 2.75) is 12.8 Å². The summed E-state index contributed by atoms with van der Waals surface area (Å²) in [6, 6.07) is 0. The van der Waals surface area contributed by atoms with Gasteiger partial charge in [-0.2, -0.15) is 0 Å². The summed E-state index contributed by atoms with van der Waals surface area (Å²) in [6.07, 6.45) is 1.76. The van der Waals surface area contributed by atoms with E-state index in [1.165, 1.54) is 0 Å². The first-order valence-electron chi connectivity index (χ1n) is 2.16. The van der Waals surface area contributed by atoms with Crippen LogP contribution < -0.4 is 34.9 Å². The number of hydrogen-bond donors (Lipinski definition) is 1. The molecule has 0 aromatic heterocycles. The summed E-state index contributed by atoms with van der Waals surface area (Å²) < 4.78 is 0. The third-order valence-corrected chi connectivity index (χ3v) is 0.903. The second kappa shape index (κ2) is 5.56.